The first kappa shape index (κ1) is 18.1. The van der Waals surface area contributed by atoms with Crippen LogP contribution in [0.25, 0.3) is 22.3 Å². The van der Waals surface area contributed by atoms with Crippen molar-refractivity contribution in [3.05, 3.63) is 72.6 Å². The number of anilines is 1. The van der Waals surface area contributed by atoms with Gasteiger partial charge in [0.2, 0.25) is 0 Å². The number of rotatable bonds is 3. The van der Waals surface area contributed by atoms with Crippen LogP contribution in [0.4, 0.5) is 5.82 Å². The third-order valence-electron chi connectivity index (χ3n) is 5.98. The topological polar surface area (TPSA) is 60.4 Å². The normalized spacial score (nSPS) is 17.8. The summed E-state index contributed by atoms with van der Waals surface area (Å²) in [5.41, 5.74) is 3.09. The Morgan fingerprint density at radius 3 is 2.71 bits per heavy atom. The zero-order chi connectivity index (χ0) is 20.6. The van der Waals surface area contributed by atoms with Gasteiger partial charge in [0.25, 0.3) is 0 Å². The highest BCUT2D eigenvalue weighted by Gasteiger charge is 2.30. The molecule has 1 fully saturated rings. The molecule has 0 N–H and O–H groups in total. The molecule has 2 aromatic heterocycles. The molecule has 0 radical (unpaired) electrons. The summed E-state index contributed by atoms with van der Waals surface area (Å²) in [4.78, 5) is 16.5. The Kier molecular flexibility index (Phi) is 4.41. The lowest BCUT2D eigenvalue weighted by Gasteiger charge is -2.28. The summed E-state index contributed by atoms with van der Waals surface area (Å²) in [6.45, 7) is 2.15. The Morgan fingerprint density at radius 2 is 1.81 bits per heavy atom. The van der Waals surface area contributed by atoms with Crippen molar-refractivity contribution in [2.75, 3.05) is 24.7 Å². The Balaban J connectivity index is 1.46. The summed E-state index contributed by atoms with van der Waals surface area (Å²) in [7, 11) is 0. The number of fused-ring (bicyclic) bond motifs is 2. The van der Waals surface area contributed by atoms with Crippen LogP contribution in [-0.4, -0.2) is 34.7 Å². The van der Waals surface area contributed by atoms with Crippen LogP contribution in [0.1, 0.15) is 24.4 Å². The van der Waals surface area contributed by atoms with Gasteiger partial charge in [0.05, 0.1) is 11.6 Å². The van der Waals surface area contributed by atoms with E-state index in [-0.39, 0.29) is 6.04 Å². The Morgan fingerprint density at radius 1 is 0.903 bits per heavy atom. The zero-order valence-electron chi connectivity index (χ0n) is 17.1. The molecule has 0 unspecified atom stereocenters. The summed E-state index contributed by atoms with van der Waals surface area (Å²) < 4.78 is 11.5. The molecule has 1 saturated heterocycles. The molecule has 2 aromatic carbocycles. The van der Waals surface area contributed by atoms with Crippen LogP contribution in [-0.2, 0) is 0 Å². The van der Waals surface area contributed by atoms with E-state index in [0.717, 1.165) is 53.2 Å². The van der Waals surface area contributed by atoms with Crippen LogP contribution < -0.4 is 14.4 Å². The minimum Gasteiger partial charge on any atom is -0.486 e. The van der Waals surface area contributed by atoms with E-state index in [9.17, 15) is 0 Å². The fraction of sp³-hybridized carbons (Fsp3) is 0.240. The van der Waals surface area contributed by atoms with Crippen molar-refractivity contribution in [2.45, 2.75) is 18.9 Å². The van der Waals surface area contributed by atoms with Crippen LogP contribution >= 0.6 is 0 Å². The van der Waals surface area contributed by atoms with Gasteiger partial charge in [0, 0.05) is 29.9 Å². The second kappa shape index (κ2) is 7.54. The van der Waals surface area contributed by atoms with E-state index < -0.39 is 0 Å². The van der Waals surface area contributed by atoms with E-state index in [1.165, 1.54) is 5.56 Å². The molecule has 6 heteroatoms. The number of hydrogen-bond acceptors (Lipinski definition) is 6. The van der Waals surface area contributed by atoms with Crippen LogP contribution in [0, 0.1) is 0 Å². The van der Waals surface area contributed by atoms with Gasteiger partial charge in [0.1, 0.15) is 19.0 Å². The SMILES string of the molecule is c1cncc(-c2nc(N3CCC[C@H]3c3ccc4c(c3)OCCO4)c3ccccc3n2)c1. The number of benzene rings is 2. The molecule has 4 aromatic rings. The van der Waals surface area contributed by atoms with Gasteiger partial charge in [-0.2, -0.15) is 0 Å². The smallest absolute Gasteiger partial charge is 0.163 e. The van der Waals surface area contributed by atoms with Gasteiger partial charge in [0.15, 0.2) is 17.3 Å². The van der Waals surface area contributed by atoms with Gasteiger partial charge < -0.3 is 14.4 Å². The van der Waals surface area contributed by atoms with Crippen LogP contribution in [0.2, 0.25) is 0 Å². The molecule has 6 rings (SSSR count). The van der Waals surface area contributed by atoms with Gasteiger partial charge in [-0.3, -0.25) is 4.98 Å². The summed E-state index contributed by atoms with van der Waals surface area (Å²) in [6, 6.07) is 18.7. The minimum atomic E-state index is 0.232. The summed E-state index contributed by atoms with van der Waals surface area (Å²) in [5, 5.41) is 1.07. The van der Waals surface area contributed by atoms with E-state index in [0.29, 0.717) is 19.0 Å². The third kappa shape index (κ3) is 3.24. The summed E-state index contributed by atoms with van der Waals surface area (Å²) in [6.07, 6.45) is 5.76. The first-order valence-electron chi connectivity index (χ1n) is 10.7. The predicted octanol–water partition coefficient (Wildman–Crippen LogP) is 4.80. The lowest BCUT2D eigenvalue weighted by Crippen LogP contribution is -2.24. The molecule has 31 heavy (non-hydrogen) atoms. The van der Waals surface area contributed by atoms with E-state index in [1.54, 1.807) is 6.20 Å². The highest BCUT2D eigenvalue weighted by atomic mass is 16.6. The number of hydrogen-bond donors (Lipinski definition) is 0. The Bertz CT molecular complexity index is 1240. The van der Waals surface area contributed by atoms with Crippen LogP contribution in [0.5, 0.6) is 11.5 Å². The molecule has 154 valence electrons. The number of aromatic nitrogens is 3. The van der Waals surface area contributed by atoms with Gasteiger partial charge in [-0.1, -0.05) is 18.2 Å². The highest BCUT2D eigenvalue weighted by molar-refractivity contribution is 5.91. The standard InChI is InChI=1S/C25H22N4O2/c1-2-7-20-19(6-1)25(28-24(27-20)18-5-3-11-26-16-18)29-12-4-8-21(29)17-9-10-22-23(15-17)31-14-13-30-22/h1-3,5-7,9-11,15-16,21H,4,8,12-14H2/t21-/m0/s1. The lowest BCUT2D eigenvalue weighted by atomic mass is 10.0. The first-order valence-corrected chi connectivity index (χ1v) is 10.7. The average molecular weight is 410 g/mol. The van der Waals surface area contributed by atoms with Crippen LogP contribution in [0.3, 0.4) is 0 Å². The fourth-order valence-corrected chi connectivity index (χ4v) is 4.54. The number of pyridine rings is 1. The molecule has 2 aliphatic heterocycles. The van der Waals surface area contributed by atoms with Gasteiger partial charge >= 0.3 is 0 Å². The molecular formula is C25H22N4O2. The number of nitrogens with zero attached hydrogens (tertiary/aromatic N) is 4. The van der Waals surface area contributed by atoms with Crippen molar-refractivity contribution in [1.82, 2.24) is 15.0 Å². The summed E-state index contributed by atoms with van der Waals surface area (Å²) >= 11 is 0. The van der Waals surface area contributed by atoms with E-state index in [2.05, 4.69) is 34.1 Å². The van der Waals surface area contributed by atoms with Crippen LogP contribution in [0.15, 0.2) is 67.0 Å². The van der Waals surface area contributed by atoms with E-state index in [1.807, 2.05) is 36.5 Å². The molecule has 6 nitrogen and oxygen atoms in total. The van der Waals surface area contributed by atoms with Crippen molar-refractivity contribution in [3.63, 3.8) is 0 Å². The van der Waals surface area contributed by atoms with Crippen molar-refractivity contribution in [2.24, 2.45) is 0 Å². The number of para-hydroxylation sites is 1. The van der Waals surface area contributed by atoms with Crippen molar-refractivity contribution in [3.8, 4) is 22.9 Å². The molecule has 0 spiro atoms. The third-order valence-corrected chi connectivity index (χ3v) is 5.98. The van der Waals surface area contributed by atoms with Gasteiger partial charge in [-0.25, -0.2) is 9.97 Å². The molecule has 4 heterocycles. The largest absolute Gasteiger partial charge is 0.486 e. The second-order valence-electron chi connectivity index (χ2n) is 7.88. The lowest BCUT2D eigenvalue weighted by molar-refractivity contribution is 0.171. The van der Waals surface area contributed by atoms with Gasteiger partial charge in [-0.15, -0.1) is 0 Å². The average Bonchev–Trinajstić information content (AvgIpc) is 3.33. The Labute approximate surface area is 180 Å². The maximum atomic E-state index is 5.84. The van der Waals surface area contributed by atoms with Crippen molar-refractivity contribution in [1.29, 1.82) is 0 Å². The molecule has 0 saturated carbocycles. The summed E-state index contributed by atoms with van der Waals surface area (Å²) in [5.74, 6) is 3.33. The molecule has 0 bridgehead atoms. The molecular weight excluding hydrogens is 388 g/mol. The minimum absolute atomic E-state index is 0.232. The Hall–Kier alpha value is -3.67. The highest BCUT2D eigenvalue weighted by Crippen LogP contribution is 2.41. The molecule has 0 amide bonds. The first-order chi connectivity index (χ1) is 15.4. The zero-order valence-corrected chi connectivity index (χ0v) is 17.1. The van der Waals surface area contributed by atoms with Crippen molar-refractivity contribution < 1.29 is 9.47 Å². The quantitative estimate of drug-likeness (QED) is 0.483. The molecule has 1 atom stereocenters. The van der Waals surface area contributed by atoms with Crippen molar-refractivity contribution >= 4 is 16.7 Å². The molecule has 0 aliphatic carbocycles. The second-order valence-corrected chi connectivity index (χ2v) is 7.88. The maximum Gasteiger partial charge on any atom is 0.163 e. The number of ether oxygens (including phenoxy) is 2. The fourth-order valence-electron chi connectivity index (χ4n) is 4.54. The monoisotopic (exact) mass is 410 g/mol. The maximum absolute atomic E-state index is 5.84. The van der Waals surface area contributed by atoms with E-state index >= 15 is 0 Å². The van der Waals surface area contributed by atoms with Gasteiger partial charge in [-0.05, 0) is 54.8 Å². The molecule has 2 aliphatic rings. The predicted molar refractivity (Wildman–Crippen MR) is 120 cm³/mol. The van der Waals surface area contributed by atoms with E-state index in [4.69, 9.17) is 19.4 Å².